The lowest BCUT2D eigenvalue weighted by atomic mass is 10.3. The zero-order valence-electron chi connectivity index (χ0n) is 12.2. The Balaban J connectivity index is 2.17. The molecule has 0 saturated heterocycles. The summed E-state index contributed by atoms with van der Waals surface area (Å²) in [6.45, 7) is 1.68. The molecule has 2 rings (SSSR count). The predicted octanol–water partition coefficient (Wildman–Crippen LogP) is 3.19. The minimum atomic E-state index is -0.741. The molecule has 1 aromatic carbocycles. The van der Waals surface area contributed by atoms with Gasteiger partial charge in [-0.1, -0.05) is 23.7 Å². The van der Waals surface area contributed by atoms with Crippen molar-refractivity contribution in [1.82, 2.24) is 4.98 Å². The maximum Gasteiger partial charge on any atom is 0.344 e. The Bertz CT molecular complexity index is 712. The second-order valence-electron chi connectivity index (χ2n) is 4.28. The number of ether oxygens (including phenoxy) is 3. The Morgan fingerprint density at radius 2 is 2.04 bits per heavy atom. The number of halogens is 2. The van der Waals surface area contributed by atoms with Crippen molar-refractivity contribution in [2.75, 3.05) is 18.9 Å². The van der Waals surface area contributed by atoms with Gasteiger partial charge in [0.25, 0.3) is 0 Å². The van der Waals surface area contributed by atoms with Crippen molar-refractivity contribution < 1.29 is 23.4 Å². The Labute approximate surface area is 136 Å². The summed E-state index contributed by atoms with van der Waals surface area (Å²) in [6.07, 6.45) is 0. The SMILES string of the molecule is CCOC(=O)COc1ccccc1Oc1nc(N)c(F)cc1Cl. The number of rotatable bonds is 6. The molecule has 0 unspecified atom stereocenters. The fraction of sp³-hybridized carbons (Fsp3) is 0.200. The van der Waals surface area contributed by atoms with Crippen molar-refractivity contribution in [2.24, 2.45) is 0 Å². The maximum absolute atomic E-state index is 13.3. The molecule has 0 aliphatic rings. The predicted molar refractivity (Wildman–Crippen MR) is 82.3 cm³/mol. The summed E-state index contributed by atoms with van der Waals surface area (Å²) in [4.78, 5) is 15.1. The van der Waals surface area contributed by atoms with Crippen molar-refractivity contribution in [1.29, 1.82) is 0 Å². The minimum absolute atomic E-state index is 0.0445. The molecule has 0 spiro atoms. The summed E-state index contributed by atoms with van der Waals surface area (Å²) in [5.74, 6) is -1.13. The van der Waals surface area contributed by atoms with Crippen LogP contribution in [-0.4, -0.2) is 24.2 Å². The van der Waals surface area contributed by atoms with E-state index in [0.29, 0.717) is 0 Å². The highest BCUT2D eigenvalue weighted by molar-refractivity contribution is 6.31. The van der Waals surface area contributed by atoms with Crippen LogP contribution in [0.1, 0.15) is 6.92 Å². The average Bonchev–Trinajstić information content (AvgIpc) is 2.52. The van der Waals surface area contributed by atoms with E-state index in [-0.39, 0.29) is 41.4 Å². The number of nitrogens with zero attached hydrogens (tertiary/aromatic N) is 1. The van der Waals surface area contributed by atoms with Crippen LogP contribution in [0.3, 0.4) is 0 Å². The van der Waals surface area contributed by atoms with Crippen LogP contribution in [0.4, 0.5) is 10.2 Å². The number of aromatic nitrogens is 1. The van der Waals surface area contributed by atoms with E-state index in [4.69, 9.17) is 31.5 Å². The number of nitrogens with two attached hydrogens (primary N) is 1. The first kappa shape index (κ1) is 16.8. The van der Waals surface area contributed by atoms with Gasteiger partial charge in [-0.25, -0.2) is 9.18 Å². The van der Waals surface area contributed by atoms with Gasteiger partial charge in [0.05, 0.1) is 6.61 Å². The molecule has 1 aromatic heterocycles. The fourth-order valence-corrected chi connectivity index (χ4v) is 1.81. The molecular formula is C15H14ClFN2O4. The monoisotopic (exact) mass is 340 g/mol. The molecule has 0 bridgehead atoms. The smallest absolute Gasteiger partial charge is 0.344 e. The lowest BCUT2D eigenvalue weighted by molar-refractivity contribution is -0.145. The van der Waals surface area contributed by atoms with E-state index in [1.54, 1.807) is 31.2 Å². The fourth-order valence-electron chi connectivity index (χ4n) is 1.63. The highest BCUT2D eigenvalue weighted by Crippen LogP contribution is 2.34. The van der Waals surface area contributed by atoms with Gasteiger partial charge < -0.3 is 19.9 Å². The third-order valence-electron chi connectivity index (χ3n) is 2.63. The quantitative estimate of drug-likeness (QED) is 0.813. The summed E-state index contributed by atoms with van der Waals surface area (Å²) in [5, 5.41) is -0.0445. The lowest BCUT2D eigenvalue weighted by Gasteiger charge is -2.12. The van der Waals surface area contributed by atoms with Gasteiger partial charge in [-0.15, -0.1) is 0 Å². The summed E-state index contributed by atoms with van der Waals surface area (Å²) < 4.78 is 28.9. The first-order valence-corrected chi connectivity index (χ1v) is 7.06. The second kappa shape index (κ2) is 7.64. The van der Waals surface area contributed by atoms with Crippen LogP contribution in [0, 0.1) is 5.82 Å². The Morgan fingerprint density at radius 1 is 1.35 bits per heavy atom. The topological polar surface area (TPSA) is 83.7 Å². The molecule has 23 heavy (non-hydrogen) atoms. The number of carbonyl (C=O) groups is 1. The van der Waals surface area contributed by atoms with Crippen LogP contribution in [0.15, 0.2) is 30.3 Å². The lowest BCUT2D eigenvalue weighted by Crippen LogP contribution is -2.14. The third kappa shape index (κ3) is 4.46. The van der Waals surface area contributed by atoms with E-state index in [0.717, 1.165) is 6.07 Å². The van der Waals surface area contributed by atoms with Gasteiger partial charge in [-0.05, 0) is 19.1 Å². The second-order valence-corrected chi connectivity index (χ2v) is 4.69. The number of anilines is 1. The number of nitrogen functional groups attached to an aromatic ring is 1. The van der Waals surface area contributed by atoms with Crippen molar-refractivity contribution >= 4 is 23.4 Å². The molecule has 1 heterocycles. The molecule has 0 aliphatic carbocycles. The first-order chi connectivity index (χ1) is 11.0. The van der Waals surface area contributed by atoms with Crippen molar-refractivity contribution in [3.63, 3.8) is 0 Å². The van der Waals surface area contributed by atoms with E-state index in [2.05, 4.69) is 4.98 Å². The Kier molecular flexibility index (Phi) is 5.59. The Hall–Kier alpha value is -2.54. The van der Waals surface area contributed by atoms with Crippen LogP contribution >= 0.6 is 11.6 Å². The third-order valence-corrected chi connectivity index (χ3v) is 2.90. The van der Waals surface area contributed by atoms with Gasteiger partial charge >= 0.3 is 5.97 Å². The van der Waals surface area contributed by atoms with E-state index < -0.39 is 11.8 Å². The number of carbonyl (C=O) groups excluding carboxylic acids is 1. The van der Waals surface area contributed by atoms with Crippen molar-refractivity contribution in [2.45, 2.75) is 6.92 Å². The molecule has 0 saturated carbocycles. The largest absolute Gasteiger partial charge is 0.478 e. The van der Waals surface area contributed by atoms with E-state index >= 15 is 0 Å². The normalized spacial score (nSPS) is 10.2. The van der Waals surface area contributed by atoms with Crippen LogP contribution in [0.25, 0.3) is 0 Å². The van der Waals surface area contributed by atoms with Crippen LogP contribution in [-0.2, 0) is 9.53 Å². The van der Waals surface area contributed by atoms with Crippen molar-refractivity contribution in [3.05, 3.63) is 41.2 Å². The summed E-state index contributed by atoms with van der Waals surface area (Å²) in [6, 6.07) is 7.56. The number of esters is 1. The zero-order chi connectivity index (χ0) is 16.8. The van der Waals surface area contributed by atoms with Gasteiger partial charge in [-0.3, -0.25) is 0 Å². The molecule has 2 N–H and O–H groups in total. The average molecular weight is 341 g/mol. The highest BCUT2D eigenvalue weighted by Gasteiger charge is 2.14. The molecule has 0 radical (unpaired) electrons. The number of benzene rings is 1. The molecule has 0 aliphatic heterocycles. The molecule has 8 heteroatoms. The molecular weight excluding hydrogens is 327 g/mol. The van der Waals surface area contributed by atoms with E-state index in [1.807, 2.05) is 0 Å². The van der Waals surface area contributed by atoms with Gasteiger partial charge in [0.1, 0.15) is 5.02 Å². The van der Waals surface area contributed by atoms with Gasteiger partial charge in [0.15, 0.2) is 29.7 Å². The molecule has 0 fully saturated rings. The summed E-state index contributed by atoms with van der Waals surface area (Å²) in [7, 11) is 0. The highest BCUT2D eigenvalue weighted by atomic mass is 35.5. The molecule has 122 valence electrons. The number of para-hydroxylation sites is 2. The standard InChI is InChI=1S/C15H14ClFN2O4/c1-2-21-13(20)8-22-11-5-3-4-6-12(11)23-15-9(16)7-10(17)14(18)19-15/h3-7H,2,8H2,1H3,(H2,18,19). The van der Waals surface area contributed by atoms with Crippen LogP contribution in [0.2, 0.25) is 5.02 Å². The summed E-state index contributed by atoms with van der Waals surface area (Å²) >= 11 is 5.87. The van der Waals surface area contributed by atoms with Gasteiger partial charge in [0.2, 0.25) is 5.88 Å². The number of pyridine rings is 1. The van der Waals surface area contributed by atoms with Gasteiger partial charge in [-0.2, -0.15) is 4.98 Å². The first-order valence-electron chi connectivity index (χ1n) is 6.68. The molecule has 2 aromatic rings. The van der Waals surface area contributed by atoms with Gasteiger partial charge in [0, 0.05) is 6.07 Å². The number of hydrogen-bond donors (Lipinski definition) is 1. The van der Waals surface area contributed by atoms with Crippen LogP contribution < -0.4 is 15.2 Å². The maximum atomic E-state index is 13.3. The Morgan fingerprint density at radius 3 is 2.74 bits per heavy atom. The molecule has 0 amide bonds. The van der Waals surface area contributed by atoms with E-state index in [9.17, 15) is 9.18 Å². The molecule has 0 atom stereocenters. The number of hydrogen-bond acceptors (Lipinski definition) is 6. The molecule has 6 nitrogen and oxygen atoms in total. The van der Waals surface area contributed by atoms with E-state index in [1.165, 1.54) is 0 Å². The van der Waals surface area contributed by atoms with Crippen molar-refractivity contribution in [3.8, 4) is 17.4 Å². The summed E-state index contributed by atoms with van der Waals surface area (Å²) in [5.41, 5.74) is 5.40. The minimum Gasteiger partial charge on any atom is -0.478 e. The van der Waals surface area contributed by atoms with Crippen LogP contribution in [0.5, 0.6) is 17.4 Å². The zero-order valence-corrected chi connectivity index (χ0v) is 13.0.